The number of halogens is 2. The fraction of sp³-hybridized carbons (Fsp3) is 0.533. The standard InChI is InChI=1S/C15H17BrFN3/c16-14-11(9-18)4-5-13(15(14)17)20-8-2-7-19-6-1-3-12(19)10-20/h4-5,12H,1-3,6-8,10H2. The monoisotopic (exact) mass is 337 g/mol. The summed E-state index contributed by atoms with van der Waals surface area (Å²) in [5, 5.41) is 8.95. The van der Waals surface area contributed by atoms with Crippen molar-refractivity contribution in [1.29, 1.82) is 5.26 Å². The zero-order chi connectivity index (χ0) is 14.1. The Morgan fingerprint density at radius 2 is 2.05 bits per heavy atom. The van der Waals surface area contributed by atoms with Gasteiger partial charge in [0, 0.05) is 25.7 Å². The Bertz CT molecular complexity index is 555. The maximum atomic E-state index is 14.5. The first-order valence-electron chi connectivity index (χ1n) is 7.08. The normalized spacial score (nSPS) is 23.2. The Morgan fingerprint density at radius 3 is 2.85 bits per heavy atom. The second-order valence-corrected chi connectivity index (χ2v) is 6.30. The molecule has 0 aliphatic carbocycles. The molecule has 0 radical (unpaired) electrons. The lowest BCUT2D eigenvalue weighted by molar-refractivity contribution is 0.273. The Balaban J connectivity index is 1.89. The molecular weight excluding hydrogens is 321 g/mol. The van der Waals surface area contributed by atoms with E-state index in [0.29, 0.717) is 17.3 Å². The summed E-state index contributed by atoms with van der Waals surface area (Å²) in [6.45, 7) is 4.05. The summed E-state index contributed by atoms with van der Waals surface area (Å²) < 4.78 is 14.7. The number of hydrogen-bond acceptors (Lipinski definition) is 3. The van der Waals surface area contributed by atoms with Crippen molar-refractivity contribution in [1.82, 2.24) is 4.90 Å². The van der Waals surface area contributed by atoms with Crippen molar-refractivity contribution in [2.45, 2.75) is 25.3 Å². The predicted molar refractivity (Wildman–Crippen MR) is 80.2 cm³/mol. The molecule has 2 fully saturated rings. The second-order valence-electron chi connectivity index (χ2n) is 5.50. The molecule has 0 aromatic heterocycles. The van der Waals surface area contributed by atoms with Gasteiger partial charge in [-0.05, 0) is 53.9 Å². The molecule has 1 atom stereocenters. The molecule has 5 heteroatoms. The van der Waals surface area contributed by atoms with Crippen LogP contribution in [0.1, 0.15) is 24.8 Å². The third kappa shape index (κ3) is 2.43. The Hall–Kier alpha value is -1.12. The summed E-state index contributed by atoms with van der Waals surface area (Å²) >= 11 is 3.20. The molecule has 2 heterocycles. The first-order chi connectivity index (χ1) is 9.70. The van der Waals surface area contributed by atoms with E-state index in [2.05, 4.69) is 25.7 Å². The molecule has 0 amide bonds. The molecule has 0 N–H and O–H groups in total. The fourth-order valence-electron chi connectivity index (χ4n) is 3.30. The summed E-state index contributed by atoms with van der Waals surface area (Å²) in [5.41, 5.74) is 0.966. The first kappa shape index (κ1) is 13.8. The third-order valence-corrected chi connectivity index (χ3v) is 5.10. The Labute approximate surface area is 127 Å². The molecule has 1 unspecified atom stereocenters. The van der Waals surface area contributed by atoms with E-state index in [1.807, 2.05) is 6.07 Å². The van der Waals surface area contributed by atoms with Crippen molar-refractivity contribution >= 4 is 21.6 Å². The summed E-state index contributed by atoms with van der Waals surface area (Å²) in [5.74, 6) is -0.310. The van der Waals surface area contributed by atoms with Crippen LogP contribution in [0.25, 0.3) is 0 Å². The third-order valence-electron chi connectivity index (χ3n) is 4.33. The molecule has 0 saturated carbocycles. The van der Waals surface area contributed by atoms with Crippen LogP contribution in [-0.2, 0) is 0 Å². The van der Waals surface area contributed by atoms with E-state index in [1.54, 1.807) is 12.1 Å². The van der Waals surface area contributed by atoms with Gasteiger partial charge in [0.2, 0.25) is 0 Å². The number of hydrogen-bond donors (Lipinski definition) is 0. The van der Waals surface area contributed by atoms with Gasteiger partial charge in [-0.1, -0.05) is 0 Å². The highest BCUT2D eigenvalue weighted by atomic mass is 79.9. The maximum absolute atomic E-state index is 14.5. The van der Waals surface area contributed by atoms with Gasteiger partial charge in [0.05, 0.1) is 15.7 Å². The largest absolute Gasteiger partial charge is 0.368 e. The van der Waals surface area contributed by atoms with Gasteiger partial charge >= 0.3 is 0 Å². The average Bonchev–Trinajstić information content (AvgIpc) is 2.79. The van der Waals surface area contributed by atoms with Crippen LogP contribution in [0.2, 0.25) is 0 Å². The second kappa shape index (κ2) is 5.71. The number of fused-ring (bicyclic) bond motifs is 1. The van der Waals surface area contributed by atoms with Gasteiger partial charge < -0.3 is 4.90 Å². The molecule has 1 aromatic rings. The van der Waals surface area contributed by atoms with Crippen LogP contribution in [0.15, 0.2) is 16.6 Å². The highest BCUT2D eigenvalue weighted by molar-refractivity contribution is 9.10. The minimum Gasteiger partial charge on any atom is -0.368 e. The number of nitriles is 1. The number of nitrogens with zero attached hydrogens (tertiary/aromatic N) is 3. The van der Waals surface area contributed by atoms with Crippen LogP contribution < -0.4 is 4.90 Å². The predicted octanol–water partition coefficient (Wildman–Crippen LogP) is 3.13. The van der Waals surface area contributed by atoms with Gasteiger partial charge in [0.15, 0.2) is 5.82 Å². The molecular formula is C15H17BrFN3. The zero-order valence-corrected chi connectivity index (χ0v) is 12.9. The molecule has 2 aliphatic heterocycles. The average molecular weight is 338 g/mol. The van der Waals surface area contributed by atoms with Gasteiger partial charge in [0.1, 0.15) is 6.07 Å². The van der Waals surface area contributed by atoms with E-state index in [4.69, 9.17) is 5.26 Å². The van der Waals surface area contributed by atoms with Crippen molar-refractivity contribution in [2.24, 2.45) is 0 Å². The number of anilines is 1. The van der Waals surface area contributed by atoms with Gasteiger partial charge in [-0.2, -0.15) is 5.26 Å². The lowest BCUT2D eigenvalue weighted by Gasteiger charge is -2.28. The zero-order valence-electron chi connectivity index (χ0n) is 11.3. The smallest absolute Gasteiger partial charge is 0.161 e. The molecule has 0 bridgehead atoms. The van der Waals surface area contributed by atoms with Crippen molar-refractivity contribution in [3.8, 4) is 6.07 Å². The Morgan fingerprint density at radius 1 is 1.25 bits per heavy atom. The maximum Gasteiger partial charge on any atom is 0.161 e. The Kier molecular flexibility index (Phi) is 3.95. The number of benzene rings is 1. The fourth-order valence-corrected chi connectivity index (χ4v) is 3.72. The van der Waals surface area contributed by atoms with Crippen molar-refractivity contribution < 1.29 is 4.39 Å². The minimum atomic E-state index is -0.310. The van der Waals surface area contributed by atoms with Crippen LogP contribution in [0.5, 0.6) is 0 Å². The van der Waals surface area contributed by atoms with Crippen molar-refractivity contribution in [2.75, 3.05) is 31.1 Å². The summed E-state index contributed by atoms with van der Waals surface area (Å²) in [6.07, 6.45) is 3.52. The topological polar surface area (TPSA) is 30.3 Å². The summed E-state index contributed by atoms with van der Waals surface area (Å²) in [4.78, 5) is 4.66. The lowest BCUT2D eigenvalue weighted by Crippen LogP contribution is -2.37. The molecule has 20 heavy (non-hydrogen) atoms. The SMILES string of the molecule is N#Cc1ccc(N2CCCN3CCCC3C2)c(F)c1Br. The van der Waals surface area contributed by atoms with Crippen LogP contribution in [0.3, 0.4) is 0 Å². The first-order valence-corrected chi connectivity index (χ1v) is 7.87. The van der Waals surface area contributed by atoms with Crippen LogP contribution in [0.4, 0.5) is 10.1 Å². The van der Waals surface area contributed by atoms with E-state index in [0.717, 1.165) is 26.1 Å². The van der Waals surface area contributed by atoms with E-state index in [1.165, 1.54) is 19.4 Å². The van der Waals surface area contributed by atoms with Gasteiger partial charge in [0.25, 0.3) is 0 Å². The molecule has 0 spiro atoms. The molecule has 3 nitrogen and oxygen atoms in total. The quantitative estimate of drug-likeness (QED) is 0.788. The highest BCUT2D eigenvalue weighted by Gasteiger charge is 2.30. The molecule has 2 saturated heterocycles. The van der Waals surface area contributed by atoms with Crippen molar-refractivity contribution in [3.63, 3.8) is 0 Å². The van der Waals surface area contributed by atoms with Crippen LogP contribution in [0, 0.1) is 17.1 Å². The van der Waals surface area contributed by atoms with Crippen molar-refractivity contribution in [3.05, 3.63) is 28.0 Å². The molecule has 2 aliphatic rings. The lowest BCUT2D eigenvalue weighted by atomic mass is 10.1. The van der Waals surface area contributed by atoms with Crippen LogP contribution >= 0.6 is 15.9 Å². The van der Waals surface area contributed by atoms with Gasteiger partial charge in [-0.3, -0.25) is 4.90 Å². The van der Waals surface area contributed by atoms with E-state index in [9.17, 15) is 4.39 Å². The molecule has 3 rings (SSSR count). The van der Waals surface area contributed by atoms with E-state index in [-0.39, 0.29) is 10.3 Å². The summed E-state index contributed by atoms with van der Waals surface area (Å²) in [7, 11) is 0. The van der Waals surface area contributed by atoms with E-state index >= 15 is 0 Å². The van der Waals surface area contributed by atoms with E-state index < -0.39 is 0 Å². The van der Waals surface area contributed by atoms with Crippen LogP contribution in [-0.4, -0.2) is 37.1 Å². The number of rotatable bonds is 1. The highest BCUT2D eigenvalue weighted by Crippen LogP contribution is 2.31. The molecule has 106 valence electrons. The van der Waals surface area contributed by atoms with Gasteiger partial charge in [-0.25, -0.2) is 4.39 Å². The minimum absolute atomic E-state index is 0.282. The molecule has 1 aromatic carbocycles. The van der Waals surface area contributed by atoms with Gasteiger partial charge in [-0.15, -0.1) is 0 Å². The summed E-state index contributed by atoms with van der Waals surface area (Å²) in [6, 6.07) is 5.98.